The summed E-state index contributed by atoms with van der Waals surface area (Å²) in [5.74, 6) is -0.122. The van der Waals surface area contributed by atoms with Gasteiger partial charge in [-0.15, -0.1) is 0 Å². The Morgan fingerprint density at radius 1 is 1.12 bits per heavy atom. The van der Waals surface area contributed by atoms with Crippen molar-refractivity contribution < 1.29 is 29.2 Å². The van der Waals surface area contributed by atoms with Crippen LogP contribution in [0.15, 0.2) is 36.4 Å². The summed E-state index contributed by atoms with van der Waals surface area (Å²) in [5, 5.41) is 19.2. The second-order valence-electron chi connectivity index (χ2n) is 5.42. The number of esters is 1. The molecule has 2 aromatic carbocycles. The van der Waals surface area contributed by atoms with Crippen molar-refractivity contribution in [1.82, 2.24) is 0 Å². The summed E-state index contributed by atoms with van der Waals surface area (Å²) in [5.41, 5.74) is 7.36. The van der Waals surface area contributed by atoms with Gasteiger partial charge in [-0.25, -0.2) is 4.79 Å². The van der Waals surface area contributed by atoms with Crippen molar-refractivity contribution in [1.29, 1.82) is 0 Å². The molecule has 4 N–H and O–H groups in total. The lowest BCUT2D eigenvalue weighted by Gasteiger charge is -2.09. The van der Waals surface area contributed by atoms with Crippen LogP contribution >= 0.6 is 0 Å². The van der Waals surface area contributed by atoms with Crippen molar-refractivity contribution in [3.05, 3.63) is 47.5 Å². The number of rotatable bonds is 7. The lowest BCUT2D eigenvalue weighted by Crippen LogP contribution is -2.05. The number of phenols is 2. The van der Waals surface area contributed by atoms with Gasteiger partial charge in [0.15, 0.2) is 11.5 Å². The number of methoxy groups -OCH3 is 2. The van der Waals surface area contributed by atoms with Crippen molar-refractivity contribution >= 4 is 17.7 Å². The number of phenolic OH excluding ortho intramolecular Hbond substituents is 2. The van der Waals surface area contributed by atoms with Crippen LogP contribution in [0.4, 0.5) is 5.69 Å². The van der Waals surface area contributed by atoms with Gasteiger partial charge in [-0.3, -0.25) is 0 Å². The maximum absolute atomic E-state index is 11.8. The molecule has 2 rings (SSSR count). The van der Waals surface area contributed by atoms with Gasteiger partial charge in [0.05, 0.1) is 26.5 Å². The predicted octanol–water partition coefficient (Wildman–Crippen LogP) is 2.50. The number of carbonyl (C=O) groups excluding carboxylic acids is 1. The standard InChI is InChI=1S/C19H21NO6/c1-24-16-10-13(11-17(25-2)19(16)23)4-6-18(22)26-8-7-12-3-5-15(21)14(20)9-12/h3-6,9-11,21,23H,7-8,20H2,1-2H3/b6-4+. The van der Waals surface area contributed by atoms with Gasteiger partial charge >= 0.3 is 5.97 Å². The van der Waals surface area contributed by atoms with Crippen molar-refractivity contribution in [2.45, 2.75) is 6.42 Å². The Hall–Kier alpha value is -3.35. The first kappa shape index (κ1) is 19.0. The van der Waals surface area contributed by atoms with E-state index in [0.29, 0.717) is 12.0 Å². The molecule has 0 saturated carbocycles. The van der Waals surface area contributed by atoms with Gasteiger partial charge in [-0.1, -0.05) is 6.07 Å². The van der Waals surface area contributed by atoms with Gasteiger partial charge in [0.25, 0.3) is 0 Å². The van der Waals surface area contributed by atoms with E-state index in [4.69, 9.17) is 19.9 Å². The maximum Gasteiger partial charge on any atom is 0.330 e. The van der Waals surface area contributed by atoms with E-state index in [-0.39, 0.29) is 35.3 Å². The second-order valence-corrected chi connectivity index (χ2v) is 5.42. The minimum absolute atomic E-state index is 0.0217. The number of anilines is 1. The molecule has 26 heavy (non-hydrogen) atoms. The monoisotopic (exact) mass is 359 g/mol. The third kappa shape index (κ3) is 4.83. The molecule has 0 aromatic heterocycles. The highest BCUT2D eigenvalue weighted by Gasteiger charge is 2.10. The van der Waals surface area contributed by atoms with Crippen LogP contribution in [0.5, 0.6) is 23.0 Å². The molecular weight excluding hydrogens is 338 g/mol. The average molecular weight is 359 g/mol. The molecule has 0 radical (unpaired) electrons. The zero-order chi connectivity index (χ0) is 19.1. The number of carbonyl (C=O) groups is 1. The fourth-order valence-corrected chi connectivity index (χ4v) is 2.25. The van der Waals surface area contributed by atoms with Gasteiger partial charge in [0.2, 0.25) is 5.75 Å². The minimum atomic E-state index is -0.511. The molecule has 0 heterocycles. The summed E-state index contributed by atoms with van der Waals surface area (Å²) >= 11 is 0. The zero-order valence-corrected chi connectivity index (χ0v) is 14.6. The predicted molar refractivity (Wildman–Crippen MR) is 97.4 cm³/mol. The van der Waals surface area contributed by atoms with Crippen LogP contribution in [0.25, 0.3) is 6.08 Å². The van der Waals surface area contributed by atoms with E-state index in [2.05, 4.69) is 0 Å². The Labute approximate surface area is 151 Å². The molecule has 138 valence electrons. The van der Waals surface area contributed by atoms with E-state index in [1.54, 1.807) is 24.3 Å². The van der Waals surface area contributed by atoms with Crippen LogP contribution in [0.2, 0.25) is 0 Å². The fourth-order valence-electron chi connectivity index (χ4n) is 2.25. The highest BCUT2D eigenvalue weighted by atomic mass is 16.5. The Morgan fingerprint density at radius 3 is 2.35 bits per heavy atom. The molecule has 0 amide bonds. The molecule has 0 aliphatic carbocycles. The quantitative estimate of drug-likeness (QED) is 0.301. The number of nitrogens with two attached hydrogens (primary N) is 1. The molecule has 0 bridgehead atoms. The molecule has 0 aliphatic heterocycles. The van der Waals surface area contributed by atoms with Crippen LogP contribution in [0.3, 0.4) is 0 Å². The van der Waals surface area contributed by atoms with E-state index in [0.717, 1.165) is 5.56 Å². The van der Waals surface area contributed by atoms with Gasteiger partial charge in [0, 0.05) is 12.5 Å². The van der Waals surface area contributed by atoms with Gasteiger partial charge in [0.1, 0.15) is 5.75 Å². The van der Waals surface area contributed by atoms with Crippen molar-refractivity contribution in [2.24, 2.45) is 0 Å². The molecule has 7 heteroatoms. The lowest BCUT2D eigenvalue weighted by atomic mass is 10.1. The topological polar surface area (TPSA) is 111 Å². The van der Waals surface area contributed by atoms with Crippen LogP contribution in [0, 0.1) is 0 Å². The number of benzene rings is 2. The maximum atomic E-state index is 11.8. The molecule has 0 spiro atoms. The summed E-state index contributed by atoms with van der Waals surface area (Å²) in [6.45, 7) is 0.176. The lowest BCUT2D eigenvalue weighted by molar-refractivity contribution is -0.137. The van der Waals surface area contributed by atoms with Crippen LogP contribution in [0.1, 0.15) is 11.1 Å². The third-order valence-corrected chi connectivity index (χ3v) is 3.64. The Bertz CT molecular complexity index is 791. The molecule has 7 nitrogen and oxygen atoms in total. The third-order valence-electron chi connectivity index (χ3n) is 3.64. The number of ether oxygens (including phenoxy) is 3. The van der Waals surface area contributed by atoms with Gasteiger partial charge in [-0.05, 0) is 41.5 Å². The highest BCUT2D eigenvalue weighted by molar-refractivity contribution is 5.87. The number of aromatic hydroxyl groups is 2. The molecule has 0 saturated heterocycles. The molecule has 2 aromatic rings. The van der Waals surface area contributed by atoms with Crippen molar-refractivity contribution in [2.75, 3.05) is 26.6 Å². The minimum Gasteiger partial charge on any atom is -0.506 e. The summed E-state index contributed by atoms with van der Waals surface area (Å²) in [6.07, 6.45) is 3.28. The van der Waals surface area contributed by atoms with E-state index in [1.165, 1.54) is 32.4 Å². The normalized spacial score (nSPS) is 10.7. The summed E-state index contributed by atoms with van der Waals surface area (Å²) in [4.78, 5) is 11.8. The van der Waals surface area contributed by atoms with Gasteiger partial charge < -0.3 is 30.2 Å². The number of hydrogen-bond donors (Lipinski definition) is 3. The van der Waals surface area contributed by atoms with E-state index in [1.807, 2.05) is 0 Å². The number of nitrogen functional groups attached to an aromatic ring is 1. The molecule has 0 aliphatic rings. The highest BCUT2D eigenvalue weighted by Crippen LogP contribution is 2.37. The molecule has 0 unspecified atom stereocenters. The molecule has 0 atom stereocenters. The van der Waals surface area contributed by atoms with Crippen LogP contribution in [-0.2, 0) is 16.0 Å². The Kier molecular flexibility index (Phi) is 6.32. The summed E-state index contributed by atoms with van der Waals surface area (Å²) < 4.78 is 15.3. The molecular formula is C19H21NO6. The summed E-state index contributed by atoms with van der Waals surface area (Å²) in [6, 6.07) is 7.98. The SMILES string of the molecule is COc1cc(/C=C/C(=O)OCCc2ccc(O)c(N)c2)cc(OC)c1O. The zero-order valence-electron chi connectivity index (χ0n) is 14.6. The number of hydrogen-bond acceptors (Lipinski definition) is 7. The van der Waals surface area contributed by atoms with Crippen LogP contribution in [-0.4, -0.2) is 37.0 Å². The first-order chi connectivity index (χ1) is 12.4. The fraction of sp³-hybridized carbons (Fsp3) is 0.211. The van der Waals surface area contributed by atoms with Crippen molar-refractivity contribution in [3.63, 3.8) is 0 Å². The van der Waals surface area contributed by atoms with E-state index >= 15 is 0 Å². The first-order valence-corrected chi connectivity index (χ1v) is 7.81. The Morgan fingerprint density at radius 2 is 1.77 bits per heavy atom. The summed E-state index contributed by atoms with van der Waals surface area (Å²) in [7, 11) is 2.85. The smallest absolute Gasteiger partial charge is 0.330 e. The van der Waals surface area contributed by atoms with Gasteiger partial charge in [-0.2, -0.15) is 0 Å². The Balaban J connectivity index is 1.93. The van der Waals surface area contributed by atoms with Crippen molar-refractivity contribution in [3.8, 4) is 23.0 Å². The second kappa shape index (κ2) is 8.66. The molecule has 0 fully saturated rings. The van der Waals surface area contributed by atoms with E-state index < -0.39 is 5.97 Å². The first-order valence-electron chi connectivity index (χ1n) is 7.81. The largest absolute Gasteiger partial charge is 0.506 e. The average Bonchev–Trinajstić information content (AvgIpc) is 2.63. The van der Waals surface area contributed by atoms with E-state index in [9.17, 15) is 15.0 Å². The van der Waals surface area contributed by atoms with Crippen LogP contribution < -0.4 is 15.2 Å².